The van der Waals surface area contributed by atoms with Crippen LogP contribution in [0.4, 0.5) is 21.5 Å². The Hall–Kier alpha value is -3.65. The number of rotatable bonds is 4. The van der Waals surface area contributed by atoms with Crippen LogP contribution >= 0.6 is 0 Å². The Labute approximate surface area is 144 Å². The molecular weight excluding hydrogens is 317 g/mol. The Morgan fingerprint density at radius 2 is 1.40 bits per heavy atom. The van der Waals surface area contributed by atoms with E-state index < -0.39 is 11.7 Å². The minimum absolute atomic E-state index is 0.00211. The van der Waals surface area contributed by atoms with Crippen LogP contribution in [0.2, 0.25) is 0 Å². The SMILES string of the molecule is N#Cc1ccc(Nc2ccc(NC(=O)c3ccccc3F)cc2)cc1. The molecule has 0 heterocycles. The van der Waals surface area contributed by atoms with Gasteiger partial charge in [-0.3, -0.25) is 4.79 Å². The molecule has 0 aromatic heterocycles. The Morgan fingerprint density at radius 3 is 2.00 bits per heavy atom. The van der Waals surface area contributed by atoms with Crippen molar-refractivity contribution < 1.29 is 9.18 Å². The molecule has 3 aromatic carbocycles. The largest absolute Gasteiger partial charge is 0.356 e. The number of benzene rings is 3. The van der Waals surface area contributed by atoms with Crippen LogP contribution in [0.3, 0.4) is 0 Å². The molecule has 3 aromatic rings. The topological polar surface area (TPSA) is 64.9 Å². The molecule has 0 aliphatic heterocycles. The molecule has 0 unspecified atom stereocenters. The highest BCUT2D eigenvalue weighted by Gasteiger charge is 2.10. The van der Waals surface area contributed by atoms with Gasteiger partial charge in [-0.1, -0.05) is 12.1 Å². The summed E-state index contributed by atoms with van der Waals surface area (Å²) in [5, 5.41) is 14.6. The van der Waals surface area contributed by atoms with Gasteiger partial charge in [-0.25, -0.2) is 4.39 Å². The first-order valence-electron chi connectivity index (χ1n) is 7.59. The second-order valence-electron chi connectivity index (χ2n) is 5.33. The lowest BCUT2D eigenvalue weighted by Crippen LogP contribution is -2.13. The van der Waals surface area contributed by atoms with Crippen molar-refractivity contribution in [1.29, 1.82) is 5.26 Å². The average Bonchev–Trinajstić information content (AvgIpc) is 2.64. The molecule has 0 saturated heterocycles. The van der Waals surface area contributed by atoms with E-state index in [0.717, 1.165) is 11.4 Å². The fourth-order valence-electron chi connectivity index (χ4n) is 2.28. The summed E-state index contributed by atoms with van der Waals surface area (Å²) in [5.41, 5.74) is 2.84. The predicted molar refractivity (Wildman–Crippen MR) is 95.2 cm³/mol. The standard InChI is InChI=1S/C20H14FN3O/c21-19-4-2-1-3-18(19)20(25)24-17-11-9-16(10-12-17)23-15-7-5-14(13-22)6-8-15/h1-12,23H,(H,24,25). The lowest BCUT2D eigenvalue weighted by atomic mass is 10.2. The lowest BCUT2D eigenvalue weighted by molar-refractivity contribution is 0.102. The van der Waals surface area contributed by atoms with E-state index in [0.29, 0.717) is 11.3 Å². The van der Waals surface area contributed by atoms with Gasteiger partial charge >= 0.3 is 0 Å². The molecule has 122 valence electrons. The second-order valence-corrected chi connectivity index (χ2v) is 5.33. The van der Waals surface area contributed by atoms with E-state index in [-0.39, 0.29) is 5.56 Å². The molecular formula is C20H14FN3O. The van der Waals surface area contributed by atoms with E-state index in [2.05, 4.69) is 16.7 Å². The monoisotopic (exact) mass is 331 g/mol. The van der Waals surface area contributed by atoms with E-state index in [1.807, 2.05) is 12.1 Å². The zero-order valence-corrected chi connectivity index (χ0v) is 13.2. The first-order chi connectivity index (χ1) is 12.2. The number of hydrogen-bond acceptors (Lipinski definition) is 3. The number of nitriles is 1. The molecule has 3 rings (SSSR count). The maximum Gasteiger partial charge on any atom is 0.258 e. The summed E-state index contributed by atoms with van der Waals surface area (Å²) in [6.45, 7) is 0. The van der Waals surface area contributed by atoms with Crippen molar-refractivity contribution in [2.45, 2.75) is 0 Å². The number of anilines is 3. The fraction of sp³-hybridized carbons (Fsp3) is 0. The molecule has 25 heavy (non-hydrogen) atoms. The molecule has 5 heteroatoms. The van der Waals surface area contributed by atoms with E-state index >= 15 is 0 Å². The van der Waals surface area contributed by atoms with Gasteiger partial charge < -0.3 is 10.6 Å². The third kappa shape index (κ3) is 4.01. The Bertz CT molecular complexity index is 928. The highest BCUT2D eigenvalue weighted by atomic mass is 19.1. The van der Waals surface area contributed by atoms with Crippen molar-refractivity contribution in [2.75, 3.05) is 10.6 Å². The molecule has 0 saturated carbocycles. The maximum atomic E-state index is 13.6. The highest BCUT2D eigenvalue weighted by molar-refractivity contribution is 6.04. The van der Waals surface area contributed by atoms with E-state index in [1.165, 1.54) is 18.2 Å². The highest BCUT2D eigenvalue weighted by Crippen LogP contribution is 2.20. The molecule has 4 nitrogen and oxygen atoms in total. The molecule has 0 atom stereocenters. The average molecular weight is 331 g/mol. The van der Waals surface area contributed by atoms with Crippen LogP contribution < -0.4 is 10.6 Å². The number of nitrogens with zero attached hydrogens (tertiary/aromatic N) is 1. The summed E-state index contributed by atoms with van der Waals surface area (Å²) in [5.74, 6) is -1.05. The van der Waals surface area contributed by atoms with Crippen molar-refractivity contribution in [3.8, 4) is 6.07 Å². The molecule has 2 N–H and O–H groups in total. The summed E-state index contributed by atoms with van der Waals surface area (Å²) < 4.78 is 13.6. The fourth-order valence-corrected chi connectivity index (χ4v) is 2.28. The zero-order chi connectivity index (χ0) is 17.6. The van der Waals surface area contributed by atoms with E-state index in [9.17, 15) is 9.18 Å². The number of hydrogen-bond donors (Lipinski definition) is 2. The second kappa shape index (κ2) is 7.28. The van der Waals surface area contributed by atoms with Gasteiger partial charge in [0.05, 0.1) is 17.2 Å². The molecule has 1 amide bonds. The van der Waals surface area contributed by atoms with Crippen molar-refractivity contribution in [3.05, 3.63) is 89.7 Å². The normalized spacial score (nSPS) is 9.92. The minimum Gasteiger partial charge on any atom is -0.356 e. The summed E-state index contributed by atoms with van der Waals surface area (Å²) in [4.78, 5) is 12.1. The quantitative estimate of drug-likeness (QED) is 0.729. The molecule has 0 radical (unpaired) electrons. The summed E-state index contributed by atoms with van der Waals surface area (Å²) >= 11 is 0. The van der Waals surface area contributed by atoms with Gasteiger partial charge in [-0.05, 0) is 60.7 Å². The van der Waals surface area contributed by atoms with Crippen molar-refractivity contribution in [3.63, 3.8) is 0 Å². The number of nitrogens with one attached hydrogen (secondary N) is 2. The van der Waals surface area contributed by atoms with Crippen LogP contribution in [0.25, 0.3) is 0 Å². The van der Waals surface area contributed by atoms with Crippen molar-refractivity contribution >= 4 is 23.0 Å². The predicted octanol–water partition coefficient (Wildman–Crippen LogP) is 4.69. The van der Waals surface area contributed by atoms with Gasteiger partial charge in [-0.2, -0.15) is 5.26 Å². The van der Waals surface area contributed by atoms with Crippen LogP contribution in [-0.4, -0.2) is 5.91 Å². The van der Waals surface area contributed by atoms with Crippen molar-refractivity contribution in [2.24, 2.45) is 0 Å². The summed E-state index contributed by atoms with van der Waals surface area (Å²) in [6, 6.07) is 22.0. The molecule has 0 bridgehead atoms. The third-order valence-corrected chi connectivity index (χ3v) is 3.56. The van der Waals surface area contributed by atoms with Gasteiger partial charge in [-0.15, -0.1) is 0 Å². The van der Waals surface area contributed by atoms with Gasteiger partial charge in [0.1, 0.15) is 5.82 Å². The van der Waals surface area contributed by atoms with E-state index in [1.54, 1.807) is 42.5 Å². The van der Waals surface area contributed by atoms with Crippen LogP contribution in [0, 0.1) is 17.1 Å². The first-order valence-corrected chi connectivity index (χ1v) is 7.59. The van der Waals surface area contributed by atoms with Crippen LogP contribution in [0.15, 0.2) is 72.8 Å². The Balaban J connectivity index is 1.67. The molecule has 0 fully saturated rings. The van der Waals surface area contributed by atoms with Crippen molar-refractivity contribution in [1.82, 2.24) is 0 Å². The molecule has 0 spiro atoms. The number of carbonyl (C=O) groups is 1. The smallest absolute Gasteiger partial charge is 0.258 e. The Morgan fingerprint density at radius 1 is 0.840 bits per heavy atom. The number of amides is 1. The number of halogens is 1. The zero-order valence-electron chi connectivity index (χ0n) is 13.2. The first kappa shape index (κ1) is 16.2. The summed E-state index contributed by atoms with van der Waals surface area (Å²) in [6.07, 6.45) is 0. The van der Waals surface area contributed by atoms with Crippen LogP contribution in [-0.2, 0) is 0 Å². The van der Waals surface area contributed by atoms with Crippen LogP contribution in [0.1, 0.15) is 15.9 Å². The van der Waals surface area contributed by atoms with Gasteiger partial charge in [0.15, 0.2) is 0 Å². The molecule has 0 aliphatic rings. The van der Waals surface area contributed by atoms with Gasteiger partial charge in [0.25, 0.3) is 5.91 Å². The molecule has 0 aliphatic carbocycles. The Kier molecular flexibility index (Phi) is 4.72. The number of carbonyl (C=O) groups excluding carboxylic acids is 1. The third-order valence-electron chi connectivity index (χ3n) is 3.56. The van der Waals surface area contributed by atoms with Gasteiger partial charge in [0, 0.05) is 17.1 Å². The van der Waals surface area contributed by atoms with Gasteiger partial charge in [0.2, 0.25) is 0 Å². The van der Waals surface area contributed by atoms with E-state index in [4.69, 9.17) is 5.26 Å². The maximum absolute atomic E-state index is 13.6. The van der Waals surface area contributed by atoms with Crippen LogP contribution in [0.5, 0.6) is 0 Å². The lowest BCUT2D eigenvalue weighted by Gasteiger charge is -2.09. The minimum atomic E-state index is -0.556. The summed E-state index contributed by atoms with van der Waals surface area (Å²) in [7, 11) is 0.